The molecule has 2 aromatic rings. The molecular weight excluding hydrogens is 194 g/mol. The molecule has 2 rings (SSSR count). The average Bonchev–Trinajstić information content (AvgIpc) is 2.74. The van der Waals surface area contributed by atoms with Crippen LogP contribution in [0.25, 0.3) is 0 Å². The van der Waals surface area contributed by atoms with Crippen molar-refractivity contribution in [3.63, 3.8) is 0 Å². The standard InChI is InChI=1S/C8H11N7/c1-5(7-12-4-13-15-7)14-8-10-2-6(9)3-11-8/h2-5H,9H2,1H3,(H,10,11,14)(H,12,13,15). The van der Waals surface area contributed by atoms with E-state index < -0.39 is 0 Å². The molecule has 0 aliphatic carbocycles. The van der Waals surface area contributed by atoms with E-state index in [0.717, 1.165) is 5.82 Å². The number of aromatic nitrogens is 5. The smallest absolute Gasteiger partial charge is 0.223 e. The highest BCUT2D eigenvalue weighted by atomic mass is 15.2. The summed E-state index contributed by atoms with van der Waals surface area (Å²) in [7, 11) is 0. The van der Waals surface area contributed by atoms with Crippen molar-refractivity contribution in [2.75, 3.05) is 11.1 Å². The molecule has 0 amide bonds. The molecule has 0 saturated heterocycles. The number of hydrogen-bond donors (Lipinski definition) is 3. The van der Waals surface area contributed by atoms with E-state index in [2.05, 4.69) is 30.5 Å². The molecule has 0 aliphatic rings. The summed E-state index contributed by atoms with van der Waals surface area (Å²) in [5.74, 6) is 1.24. The lowest BCUT2D eigenvalue weighted by Gasteiger charge is -2.10. The Bertz CT molecular complexity index is 407. The third kappa shape index (κ3) is 2.19. The van der Waals surface area contributed by atoms with E-state index in [1.165, 1.54) is 6.33 Å². The van der Waals surface area contributed by atoms with Crippen LogP contribution >= 0.6 is 0 Å². The summed E-state index contributed by atoms with van der Waals surface area (Å²) < 4.78 is 0. The van der Waals surface area contributed by atoms with Crippen LogP contribution in [0.1, 0.15) is 18.8 Å². The second-order valence-corrected chi connectivity index (χ2v) is 3.08. The normalized spacial score (nSPS) is 12.3. The molecular formula is C8H11N7. The summed E-state index contributed by atoms with van der Waals surface area (Å²) in [6.45, 7) is 1.93. The van der Waals surface area contributed by atoms with Gasteiger partial charge in [-0.1, -0.05) is 0 Å². The number of H-pyrrole nitrogens is 1. The van der Waals surface area contributed by atoms with Gasteiger partial charge in [0.2, 0.25) is 5.95 Å². The molecule has 1 unspecified atom stereocenters. The summed E-state index contributed by atoms with van der Waals surface area (Å²) in [6.07, 6.45) is 4.54. The van der Waals surface area contributed by atoms with Crippen molar-refractivity contribution in [2.45, 2.75) is 13.0 Å². The summed E-state index contributed by atoms with van der Waals surface area (Å²) in [6, 6.07) is -0.0314. The van der Waals surface area contributed by atoms with E-state index in [4.69, 9.17) is 5.73 Å². The van der Waals surface area contributed by atoms with Gasteiger partial charge in [0, 0.05) is 0 Å². The van der Waals surface area contributed by atoms with Crippen LogP contribution in [0.15, 0.2) is 18.7 Å². The molecule has 4 N–H and O–H groups in total. The molecule has 7 heteroatoms. The largest absolute Gasteiger partial charge is 0.396 e. The third-order valence-corrected chi connectivity index (χ3v) is 1.86. The van der Waals surface area contributed by atoms with Crippen molar-refractivity contribution < 1.29 is 0 Å². The molecule has 2 aromatic heterocycles. The highest BCUT2D eigenvalue weighted by Gasteiger charge is 2.08. The fourth-order valence-electron chi connectivity index (χ4n) is 1.10. The number of rotatable bonds is 3. The predicted molar refractivity (Wildman–Crippen MR) is 54.9 cm³/mol. The zero-order chi connectivity index (χ0) is 10.7. The first-order chi connectivity index (χ1) is 7.25. The molecule has 7 nitrogen and oxygen atoms in total. The number of nitrogens with zero attached hydrogens (tertiary/aromatic N) is 4. The van der Waals surface area contributed by atoms with Crippen LogP contribution in [-0.4, -0.2) is 25.1 Å². The zero-order valence-electron chi connectivity index (χ0n) is 8.18. The van der Waals surface area contributed by atoms with Crippen molar-refractivity contribution in [1.29, 1.82) is 0 Å². The molecule has 0 spiro atoms. The summed E-state index contributed by atoms with van der Waals surface area (Å²) in [5.41, 5.74) is 6.01. The number of hydrogen-bond acceptors (Lipinski definition) is 6. The Morgan fingerprint density at radius 2 is 2.07 bits per heavy atom. The van der Waals surface area contributed by atoms with Gasteiger partial charge in [-0.15, -0.1) is 0 Å². The molecule has 78 valence electrons. The Labute approximate surface area is 86.2 Å². The second kappa shape index (κ2) is 3.91. The predicted octanol–water partition coefficient (Wildman–Crippen LogP) is 0.350. The first-order valence-electron chi connectivity index (χ1n) is 4.45. The topological polar surface area (TPSA) is 105 Å². The van der Waals surface area contributed by atoms with Crippen LogP contribution in [0, 0.1) is 0 Å². The maximum absolute atomic E-state index is 5.47. The fourth-order valence-corrected chi connectivity index (χ4v) is 1.10. The first kappa shape index (κ1) is 9.38. The minimum atomic E-state index is -0.0314. The van der Waals surface area contributed by atoms with E-state index in [1.54, 1.807) is 12.4 Å². The lowest BCUT2D eigenvalue weighted by molar-refractivity contribution is 0.783. The monoisotopic (exact) mass is 205 g/mol. The SMILES string of the molecule is CC(Nc1ncc(N)cn1)c1ncn[nH]1. The van der Waals surface area contributed by atoms with Gasteiger partial charge in [-0.3, -0.25) is 5.10 Å². The maximum Gasteiger partial charge on any atom is 0.223 e. The molecule has 2 heterocycles. The van der Waals surface area contributed by atoms with Crippen LogP contribution in [0.4, 0.5) is 11.6 Å². The van der Waals surface area contributed by atoms with Gasteiger partial charge >= 0.3 is 0 Å². The van der Waals surface area contributed by atoms with Crippen LogP contribution in [0.5, 0.6) is 0 Å². The van der Waals surface area contributed by atoms with E-state index in [0.29, 0.717) is 11.6 Å². The highest BCUT2D eigenvalue weighted by molar-refractivity contribution is 5.36. The second-order valence-electron chi connectivity index (χ2n) is 3.08. The molecule has 1 atom stereocenters. The average molecular weight is 205 g/mol. The lowest BCUT2D eigenvalue weighted by Crippen LogP contribution is -2.11. The van der Waals surface area contributed by atoms with Crippen molar-refractivity contribution in [3.05, 3.63) is 24.5 Å². The molecule has 0 aromatic carbocycles. The van der Waals surface area contributed by atoms with Gasteiger partial charge in [0.05, 0.1) is 24.1 Å². The van der Waals surface area contributed by atoms with Gasteiger partial charge in [0.1, 0.15) is 12.2 Å². The van der Waals surface area contributed by atoms with Gasteiger partial charge in [-0.25, -0.2) is 15.0 Å². The van der Waals surface area contributed by atoms with Crippen molar-refractivity contribution in [2.24, 2.45) is 0 Å². The minimum absolute atomic E-state index is 0.0314. The number of aromatic amines is 1. The maximum atomic E-state index is 5.47. The van der Waals surface area contributed by atoms with E-state index >= 15 is 0 Å². The quantitative estimate of drug-likeness (QED) is 0.667. The van der Waals surface area contributed by atoms with Gasteiger partial charge in [0.15, 0.2) is 0 Å². The van der Waals surface area contributed by atoms with E-state index in [-0.39, 0.29) is 6.04 Å². The molecule has 0 saturated carbocycles. The van der Waals surface area contributed by atoms with Crippen molar-refractivity contribution in [3.8, 4) is 0 Å². The number of nitrogens with two attached hydrogens (primary N) is 1. The first-order valence-corrected chi connectivity index (χ1v) is 4.45. The molecule has 0 radical (unpaired) electrons. The van der Waals surface area contributed by atoms with Gasteiger partial charge < -0.3 is 11.1 Å². The number of nitrogen functional groups attached to an aromatic ring is 1. The minimum Gasteiger partial charge on any atom is -0.396 e. The molecule has 0 fully saturated rings. The number of anilines is 2. The highest BCUT2D eigenvalue weighted by Crippen LogP contribution is 2.11. The molecule has 0 aliphatic heterocycles. The number of nitrogens with one attached hydrogen (secondary N) is 2. The summed E-state index contributed by atoms with van der Waals surface area (Å²) in [4.78, 5) is 12.1. The molecule has 0 bridgehead atoms. The van der Waals surface area contributed by atoms with E-state index in [9.17, 15) is 0 Å². The zero-order valence-corrected chi connectivity index (χ0v) is 8.18. The third-order valence-electron chi connectivity index (χ3n) is 1.86. The van der Waals surface area contributed by atoms with Crippen molar-refractivity contribution in [1.82, 2.24) is 25.1 Å². The van der Waals surface area contributed by atoms with Crippen LogP contribution in [0.3, 0.4) is 0 Å². The fraction of sp³-hybridized carbons (Fsp3) is 0.250. The Morgan fingerprint density at radius 3 is 2.67 bits per heavy atom. The summed E-state index contributed by atoms with van der Waals surface area (Å²) >= 11 is 0. The Kier molecular flexibility index (Phi) is 2.44. The van der Waals surface area contributed by atoms with Crippen LogP contribution in [-0.2, 0) is 0 Å². The Balaban J connectivity index is 2.06. The Morgan fingerprint density at radius 1 is 1.33 bits per heavy atom. The van der Waals surface area contributed by atoms with Gasteiger partial charge in [0.25, 0.3) is 0 Å². The van der Waals surface area contributed by atoms with Crippen LogP contribution < -0.4 is 11.1 Å². The molecule has 15 heavy (non-hydrogen) atoms. The Hall–Kier alpha value is -2.18. The van der Waals surface area contributed by atoms with Gasteiger partial charge in [-0.2, -0.15) is 5.10 Å². The summed E-state index contributed by atoms with van der Waals surface area (Å²) in [5, 5.41) is 9.59. The lowest BCUT2D eigenvalue weighted by atomic mass is 10.3. The van der Waals surface area contributed by atoms with Gasteiger partial charge in [-0.05, 0) is 6.92 Å². The van der Waals surface area contributed by atoms with E-state index in [1.807, 2.05) is 6.92 Å². The van der Waals surface area contributed by atoms with Crippen molar-refractivity contribution >= 4 is 11.6 Å². The van der Waals surface area contributed by atoms with Crippen LogP contribution in [0.2, 0.25) is 0 Å².